The van der Waals surface area contributed by atoms with Crippen LogP contribution < -0.4 is 0 Å². The van der Waals surface area contributed by atoms with Crippen LogP contribution in [0, 0.1) is 17.1 Å². The molecule has 0 aliphatic heterocycles. The number of rotatable bonds is 4. The lowest BCUT2D eigenvalue weighted by molar-refractivity contribution is 0.602. The van der Waals surface area contributed by atoms with Crippen molar-refractivity contribution < 1.29 is 12.8 Å². The van der Waals surface area contributed by atoms with Crippen molar-refractivity contribution in [1.29, 1.82) is 5.26 Å². The first kappa shape index (κ1) is 16.2. The average Bonchev–Trinajstić information content (AvgIpc) is 2.48. The summed E-state index contributed by atoms with van der Waals surface area (Å²) >= 11 is 5.75. The van der Waals surface area contributed by atoms with E-state index < -0.39 is 15.7 Å². The molecular formula is C16H11ClFNO2S. The molecule has 3 nitrogen and oxygen atoms in total. The lowest BCUT2D eigenvalue weighted by Crippen LogP contribution is -2.06. The lowest BCUT2D eigenvalue weighted by Gasteiger charge is -2.04. The van der Waals surface area contributed by atoms with E-state index in [9.17, 15) is 12.8 Å². The normalized spacial score (nSPS) is 12.0. The van der Waals surface area contributed by atoms with Gasteiger partial charge in [0.15, 0.2) is 9.84 Å². The van der Waals surface area contributed by atoms with E-state index in [0.29, 0.717) is 16.1 Å². The summed E-state index contributed by atoms with van der Waals surface area (Å²) < 4.78 is 37.4. The molecule has 0 amide bonds. The zero-order valence-corrected chi connectivity index (χ0v) is 12.9. The molecule has 0 N–H and O–H groups in total. The van der Waals surface area contributed by atoms with Crippen LogP contribution in [0.4, 0.5) is 4.39 Å². The Hall–Kier alpha value is -2.16. The van der Waals surface area contributed by atoms with Crippen molar-refractivity contribution in [2.45, 2.75) is 5.75 Å². The first-order valence-electron chi connectivity index (χ1n) is 6.25. The van der Waals surface area contributed by atoms with Crippen molar-refractivity contribution in [1.82, 2.24) is 0 Å². The van der Waals surface area contributed by atoms with Crippen LogP contribution in [0.25, 0.3) is 6.08 Å². The number of hydrogen-bond acceptors (Lipinski definition) is 3. The van der Waals surface area contributed by atoms with E-state index in [1.807, 2.05) is 0 Å². The van der Waals surface area contributed by atoms with Gasteiger partial charge in [-0.2, -0.15) is 5.26 Å². The standard InChI is InChI=1S/C16H11ClFNO2S/c17-14-5-1-13(2-6-14)11-22(20,21)16(10-19)9-12-3-7-15(18)8-4-12/h1-9H,11H2/b16-9-. The van der Waals surface area contributed by atoms with Crippen LogP contribution in [0.2, 0.25) is 5.02 Å². The van der Waals surface area contributed by atoms with E-state index in [2.05, 4.69) is 0 Å². The molecule has 0 aliphatic rings. The molecule has 0 saturated carbocycles. The Morgan fingerprint density at radius 1 is 1.14 bits per heavy atom. The molecule has 0 unspecified atom stereocenters. The zero-order valence-electron chi connectivity index (χ0n) is 11.3. The number of nitrogens with zero attached hydrogens (tertiary/aromatic N) is 1. The van der Waals surface area contributed by atoms with E-state index in [-0.39, 0.29) is 10.7 Å². The third-order valence-electron chi connectivity index (χ3n) is 2.88. The topological polar surface area (TPSA) is 57.9 Å². The van der Waals surface area contributed by atoms with Crippen LogP contribution in [0.1, 0.15) is 11.1 Å². The summed E-state index contributed by atoms with van der Waals surface area (Å²) in [5.41, 5.74) is 0.974. The molecule has 0 aromatic heterocycles. The van der Waals surface area contributed by atoms with Gasteiger partial charge < -0.3 is 0 Å². The summed E-state index contributed by atoms with van der Waals surface area (Å²) in [7, 11) is -3.78. The van der Waals surface area contributed by atoms with Crippen molar-refractivity contribution in [2.24, 2.45) is 0 Å². The number of nitriles is 1. The molecule has 0 atom stereocenters. The molecule has 0 bridgehead atoms. The monoisotopic (exact) mass is 335 g/mol. The highest BCUT2D eigenvalue weighted by atomic mass is 35.5. The molecule has 22 heavy (non-hydrogen) atoms. The smallest absolute Gasteiger partial charge is 0.192 e. The minimum Gasteiger partial charge on any atom is -0.223 e. The predicted molar refractivity (Wildman–Crippen MR) is 84.1 cm³/mol. The van der Waals surface area contributed by atoms with Crippen molar-refractivity contribution >= 4 is 27.5 Å². The van der Waals surface area contributed by atoms with E-state index in [1.54, 1.807) is 30.3 Å². The van der Waals surface area contributed by atoms with Gasteiger partial charge in [-0.1, -0.05) is 35.9 Å². The Balaban J connectivity index is 2.31. The molecule has 0 radical (unpaired) electrons. The minimum absolute atomic E-state index is 0.301. The number of halogens is 2. The van der Waals surface area contributed by atoms with Crippen LogP contribution in [0.5, 0.6) is 0 Å². The number of allylic oxidation sites excluding steroid dienone is 1. The van der Waals surface area contributed by atoms with E-state index in [0.717, 1.165) is 0 Å². The molecule has 0 heterocycles. The molecule has 2 aromatic rings. The maximum atomic E-state index is 12.8. The molecule has 0 fully saturated rings. The molecular weight excluding hydrogens is 325 g/mol. The second kappa shape index (κ2) is 6.73. The quantitative estimate of drug-likeness (QED) is 0.795. The summed E-state index contributed by atoms with van der Waals surface area (Å²) in [5.74, 6) is -0.732. The Morgan fingerprint density at radius 2 is 1.73 bits per heavy atom. The average molecular weight is 336 g/mol. The summed E-state index contributed by atoms with van der Waals surface area (Å²) in [6, 6.07) is 13.3. The van der Waals surface area contributed by atoms with Gasteiger partial charge in [-0.15, -0.1) is 0 Å². The Kier molecular flexibility index (Phi) is 4.96. The van der Waals surface area contributed by atoms with Crippen molar-refractivity contribution in [3.8, 4) is 6.07 Å². The highest BCUT2D eigenvalue weighted by Gasteiger charge is 2.18. The van der Waals surface area contributed by atoms with Gasteiger partial charge in [0.1, 0.15) is 16.8 Å². The lowest BCUT2D eigenvalue weighted by atomic mass is 10.2. The number of sulfone groups is 1. The molecule has 2 aromatic carbocycles. The van der Waals surface area contributed by atoms with Crippen molar-refractivity contribution in [3.63, 3.8) is 0 Å². The van der Waals surface area contributed by atoms with Crippen LogP contribution in [-0.2, 0) is 15.6 Å². The number of hydrogen-bond donors (Lipinski definition) is 0. The van der Waals surface area contributed by atoms with Crippen LogP contribution >= 0.6 is 11.6 Å². The maximum Gasteiger partial charge on any atom is 0.192 e. The first-order valence-corrected chi connectivity index (χ1v) is 8.28. The summed E-state index contributed by atoms with van der Waals surface area (Å²) in [5, 5.41) is 9.61. The fraction of sp³-hybridized carbons (Fsp3) is 0.0625. The molecule has 0 spiro atoms. The predicted octanol–water partition coefficient (Wildman–Crippen LogP) is 3.96. The third kappa shape index (κ3) is 4.17. The van der Waals surface area contributed by atoms with Gasteiger partial charge >= 0.3 is 0 Å². The molecule has 112 valence electrons. The van der Waals surface area contributed by atoms with Gasteiger partial charge in [-0.05, 0) is 41.5 Å². The number of benzene rings is 2. The second-order valence-electron chi connectivity index (χ2n) is 4.56. The summed E-state index contributed by atoms with van der Waals surface area (Å²) in [4.78, 5) is -0.367. The van der Waals surface area contributed by atoms with E-state index in [1.165, 1.54) is 30.3 Å². The minimum atomic E-state index is -3.78. The van der Waals surface area contributed by atoms with Gasteiger partial charge in [-0.3, -0.25) is 0 Å². The van der Waals surface area contributed by atoms with Gasteiger partial charge in [0, 0.05) is 5.02 Å². The Labute approximate surface area is 133 Å². The van der Waals surface area contributed by atoms with Crippen LogP contribution in [0.3, 0.4) is 0 Å². The Bertz CT molecular complexity index is 835. The second-order valence-corrected chi connectivity index (χ2v) is 6.95. The molecule has 0 saturated heterocycles. The Morgan fingerprint density at radius 3 is 2.27 bits per heavy atom. The SMILES string of the molecule is N#C/C(=C/c1ccc(F)cc1)S(=O)(=O)Cc1ccc(Cl)cc1. The third-order valence-corrected chi connectivity index (χ3v) is 4.73. The summed E-state index contributed by atoms with van der Waals surface area (Å²) in [6.45, 7) is 0. The highest BCUT2D eigenvalue weighted by molar-refractivity contribution is 7.95. The molecule has 2 rings (SSSR count). The van der Waals surface area contributed by atoms with Crippen LogP contribution in [0.15, 0.2) is 53.4 Å². The summed E-state index contributed by atoms with van der Waals surface area (Å²) in [6.07, 6.45) is 1.23. The van der Waals surface area contributed by atoms with Crippen molar-refractivity contribution in [2.75, 3.05) is 0 Å². The van der Waals surface area contributed by atoms with Gasteiger partial charge in [0.05, 0.1) is 5.75 Å². The van der Waals surface area contributed by atoms with Gasteiger partial charge in [-0.25, -0.2) is 12.8 Å². The fourth-order valence-electron chi connectivity index (χ4n) is 1.78. The molecule has 6 heteroatoms. The highest BCUT2D eigenvalue weighted by Crippen LogP contribution is 2.19. The van der Waals surface area contributed by atoms with E-state index in [4.69, 9.17) is 16.9 Å². The fourth-order valence-corrected chi connectivity index (χ4v) is 3.15. The van der Waals surface area contributed by atoms with Crippen molar-refractivity contribution in [3.05, 3.63) is 75.4 Å². The van der Waals surface area contributed by atoms with Crippen LogP contribution in [-0.4, -0.2) is 8.42 Å². The van der Waals surface area contributed by atoms with Gasteiger partial charge in [0.25, 0.3) is 0 Å². The first-order chi connectivity index (χ1) is 10.4. The maximum absolute atomic E-state index is 12.8. The van der Waals surface area contributed by atoms with Gasteiger partial charge in [0.2, 0.25) is 0 Å². The zero-order chi connectivity index (χ0) is 16.2. The molecule has 0 aliphatic carbocycles. The largest absolute Gasteiger partial charge is 0.223 e. The van der Waals surface area contributed by atoms with E-state index >= 15 is 0 Å².